The molecule has 0 fully saturated rings. The lowest BCUT2D eigenvalue weighted by molar-refractivity contribution is -0.130. The van der Waals surface area contributed by atoms with Crippen molar-refractivity contribution >= 4 is 5.91 Å². The van der Waals surface area contributed by atoms with Crippen LogP contribution in [0.5, 0.6) is 5.75 Å². The number of ether oxygens (including phenoxy) is 1. The fourth-order valence-corrected chi connectivity index (χ4v) is 2.27. The summed E-state index contributed by atoms with van der Waals surface area (Å²) in [5.41, 5.74) is 1.53. The van der Waals surface area contributed by atoms with Gasteiger partial charge in [-0.1, -0.05) is 42.5 Å². The molecule has 2 aromatic carbocycles. The molecule has 2 N–H and O–H groups in total. The van der Waals surface area contributed by atoms with Gasteiger partial charge >= 0.3 is 0 Å². The predicted octanol–water partition coefficient (Wildman–Crippen LogP) is 3.38. The molecule has 2 atom stereocenters. The molecule has 0 bridgehead atoms. The van der Waals surface area contributed by atoms with Crippen molar-refractivity contribution in [2.24, 2.45) is 0 Å². The number of benzene rings is 2. The number of amides is 1. The molecular formula is C19H23NO3. The fraction of sp³-hybridized carbons (Fsp3) is 0.316. The quantitative estimate of drug-likeness (QED) is 0.859. The highest BCUT2D eigenvalue weighted by molar-refractivity contribution is 5.82. The summed E-state index contributed by atoms with van der Waals surface area (Å²) in [6.07, 6.45) is -1.04. The summed E-state index contributed by atoms with van der Waals surface area (Å²) in [5.74, 6) is 0.387. The molecule has 4 heteroatoms. The Hall–Kier alpha value is -2.33. The van der Waals surface area contributed by atoms with Gasteiger partial charge in [0.1, 0.15) is 5.75 Å². The summed E-state index contributed by atoms with van der Waals surface area (Å²) in [4.78, 5) is 12.2. The van der Waals surface area contributed by atoms with Crippen LogP contribution in [-0.2, 0) is 4.79 Å². The first-order valence-corrected chi connectivity index (χ1v) is 7.77. The van der Waals surface area contributed by atoms with Crippen LogP contribution in [0.25, 0.3) is 0 Å². The van der Waals surface area contributed by atoms with E-state index in [1.807, 2.05) is 51.1 Å². The highest BCUT2D eigenvalue weighted by atomic mass is 16.5. The number of hydrogen-bond acceptors (Lipinski definition) is 3. The molecule has 0 aliphatic heterocycles. The molecule has 2 aromatic rings. The minimum atomic E-state index is -1.16. The maximum atomic E-state index is 12.2. The average molecular weight is 313 g/mol. The number of aliphatic hydroxyl groups is 1. The van der Waals surface area contributed by atoms with Gasteiger partial charge in [0.2, 0.25) is 0 Å². The fourth-order valence-electron chi connectivity index (χ4n) is 2.27. The zero-order valence-corrected chi connectivity index (χ0v) is 13.7. The molecule has 0 radical (unpaired) electrons. The van der Waals surface area contributed by atoms with Crippen molar-refractivity contribution in [2.75, 3.05) is 0 Å². The van der Waals surface area contributed by atoms with Crippen LogP contribution in [0.2, 0.25) is 0 Å². The van der Waals surface area contributed by atoms with Gasteiger partial charge in [0, 0.05) is 0 Å². The lowest BCUT2D eigenvalue weighted by Crippen LogP contribution is -2.31. The van der Waals surface area contributed by atoms with Crippen LogP contribution < -0.4 is 10.1 Å². The molecule has 0 saturated heterocycles. The van der Waals surface area contributed by atoms with E-state index in [2.05, 4.69) is 5.32 Å². The number of carbonyl (C=O) groups is 1. The third-order valence-corrected chi connectivity index (χ3v) is 3.47. The SMILES string of the molecule is CC(C)Oc1ccc(C(C)NC(=O)C(O)c2ccccc2)cc1. The number of rotatable bonds is 6. The summed E-state index contributed by atoms with van der Waals surface area (Å²) >= 11 is 0. The second-order valence-corrected chi connectivity index (χ2v) is 5.78. The lowest BCUT2D eigenvalue weighted by Gasteiger charge is -2.18. The third-order valence-electron chi connectivity index (χ3n) is 3.47. The summed E-state index contributed by atoms with van der Waals surface area (Å²) in [6, 6.07) is 16.3. The van der Waals surface area contributed by atoms with Gasteiger partial charge < -0.3 is 15.2 Å². The number of hydrogen-bond donors (Lipinski definition) is 2. The number of carbonyl (C=O) groups excluding carboxylic acids is 1. The van der Waals surface area contributed by atoms with Crippen LogP contribution in [0.3, 0.4) is 0 Å². The van der Waals surface area contributed by atoms with E-state index in [1.165, 1.54) is 0 Å². The highest BCUT2D eigenvalue weighted by Crippen LogP contribution is 2.20. The first kappa shape index (κ1) is 17.0. The Kier molecular flexibility index (Phi) is 5.77. The van der Waals surface area contributed by atoms with Crippen LogP contribution in [0.15, 0.2) is 54.6 Å². The molecule has 0 aliphatic rings. The molecule has 0 spiro atoms. The summed E-state index contributed by atoms with van der Waals surface area (Å²) in [6.45, 7) is 5.83. The molecule has 122 valence electrons. The van der Waals surface area contributed by atoms with Crippen molar-refractivity contribution in [2.45, 2.75) is 39.0 Å². The van der Waals surface area contributed by atoms with E-state index in [4.69, 9.17) is 4.74 Å². The van der Waals surface area contributed by atoms with Crippen LogP contribution in [-0.4, -0.2) is 17.1 Å². The maximum Gasteiger partial charge on any atom is 0.253 e. The first-order chi connectivity index (χ1) is 11.0. The monoisotopic (exact) mass is 313 g/mol. The van der Waals surface area contributed by atoms with Crippen molar-refractivity contribution in [3.05, 3.63) is 65.7 Å². The van der Waals surface area contributed by atoms with Gasteiger partial charge in [0.25, 0.3) is 5.91 Å². The Morgan fingerprint density at radius 1 is 0.957 bits per heavy atom. The van der Waals surface area contributed by atoms with E-state index in [9.17, 15) is 9.90 Å². The summed E-state index contributed by atoms with van der Waals surface area (Å²) < 4.78 is 5.60. The molecule has 0 aliphatic carbocycles. The smallest absolute Gasteiger partial charge is 0.253 e. The van der Waals surface area contributed by atoms with Crippen molar-refractivity contribution in [1.29, 1.82) is 0 Å². The van der Waals surface area contributed by atoms with E-state index >= 15 is 0 Å². The first-order valence-electron chi connectivity index (χ1n) is 7.77. The average Bonchev–Trinajstić information content (AvgIpc) is 2.55. The van der Waals surface area contributed by atoms with Crippen molar-refractivity contribution in [1.82, 2.24) is 5.32 Å². The van der Waals surface area contributed by atoms with Gasteiger partial charge in [-0.25, -0.2) is 0 Å². The molecule has 2 unspecified atom stereocenters. The minimum absolute atomic E-state index is 0.124. The molecule has 0 aromatic heterocycles. The van der Waals surface area contributed by atoms with Gasteiger partial charge in [-0.05, 0) is 44.0 Å². The Labute approximate surface area is 137 Å². The minimum Gasteiger partial charge on any atom is -0.491 e. The lowest BCUT2D eigenvalue weighted by atomic mass is 10.1. The van der Waals surface area contributed by atoms with Crippen molar-refractivity contribution < 1.29 is 14.6 Å². The molecule has 0 saturated carbocycles. The molecule has 0 heterocycles. The normalized spacial score (nSPS) is 13.4. The van der Waals surface area contributed by atoms with Gasteiger partial charge in [-0.2, -0.15) is 0 Å². The van der Waals surface area contributed by atoms with Gasteiger partial charge in [0.15, 0.2) is 6.10 Å². The molecule has 1 amide bonds. The van der Waals surface area contributed by atoms with Crippen LogP contribution in [0.1, 0.15) is 44.0 Å². The molecule has 4 nitrogen and oxygen atoms in total. The van der Waals surface area contributed by atoms with Gasteiger partial charge in [0.05, 0.1) is 12.1 Å². The topological polar surface area (TPSA) is 58.6 Å². The second kappa shape index (κ2) is 7.79. The van der Waals surface area contributed by atoms with Crippen molar-refractivity contribution in [3.63, 3.8) is 0 Å². The van der Waals surface area contributed by atoms with Gasteiger partial charge in [-0.3, -0.25) is 4.79 Å². The Bertz CT molecular complexity index is 623. The third kappa shape index (κ3) is 4.83. The van der Waals surface area contributed by atoms with Crippen molar-refractivity contribution in [3.8, 4) is 5.75 Å². The van der Waals surface area contributed by atoms with Crippen LogP contribution in [0.4, 0.5) is 0 Å². The predicted molar refractivity (Wildman–Crippen MR) is 90.2 cm³/mol. The summed E-state index contributed by atoms with van der Waals surface area (Å²) in [7, 11) is 0. The summed E-state index contributed by atoms with van der Waals surface area (Å²) in [5, 5.41) is 12.9. The zero-order valence-electron chi connectivity index (χ0n) is 13.7. The van der Waals surface area contributed by atoms with Crippen LogP contribution >= 0.6 is 0 Å². The largest absolute Gasteiger partial charge is 0.491 e. The highest BCUT2D eigenvalue weighted by Gasteiger charge is 2.19. The number of aliphatic hydroxyl groups excluding tert-OH is 1. The van der Waals surface area contributed by atoms with E-state index in [-0.39, 0.29) is 12.1 Å². The standard InChI is InChI=1S/C19H23NO3/c1-13(2)23-17-11-9-15(10-12-17)14(3)20-19(22)18(21)16-7-5-4-6-8-16/h4-14,18,21H,1-3H3,(H,20,22). The zero-order chi connectivity index (χ0) is 16.8. The Balaban J connectivity index is 1.98. The molecule has 23 heavy (non-hydrogen) atoms. The van der Waals surface area contributed by atoms with Crippen LogP contribution in [0, 0.1) is 0 Å². The van der Waals surface area contributed by atoms with E-state index in [1.54, 1.807) is 24.3 Å². The Morgan fingerprint density at radius 3 is 2.13 bits per heavy atom. The maximum absolute atomic E-state index is 12.2. The molecular weight excluding hydrogens is 290 g/mol. The number of nitrogens with one attached hydrogen (secondary N) is 1. The second-order valence-electron chi connectivity index (χ2n) is 5.78. The van der Waals surface area contributed by atoms with Gasteiger partial charge in [-0.15, -0.1) is 0 Å². The van der Waals surface area contributed by atoms with E-state index in [0.29, 0.717) is 5.56 Å². The van der Waals surface area contributed by atoms with E-state index < -0.39 is 12.0 Å². The van der Waals surface area contributed by atoms with E-state index in [0.717, 1.165) is 11.3 Å². The Morgan fingerprint density at radius 2 is 1.57 bits per heavy atom. The molecule has 2 rings (SSSR count).